The van der Waals surface area contributed by atoms with Crippen molar-refractivity contribution in [3.05, 3.63) is 56.4 Å². The standard InChI is InChI=1S/C16H15BrFN3O2S/c17-13-6-5-12(24-13)14(22)20-21-15(23)19-9-16(7-8-16)10-1-3-11(18)4-2-10/h1-6H,7-9H2,(H,20,22)(H2,19,21,23). The molecule has 3 N–H and O–H groups in total. The molecule has 0 bridgehead atoms. The minimum Gasteiger partial charge on any atom is -0.336 e. The van der Waals surface area contributed by atoms with Crippen LogP contribution < -0.4 is 16.2 Å². The highest BCUT2D eigenvalue weighted by atomic mass is 79.9. The molecule has 0 saturated heterocycles. The van der Waals surface area contributed by atoms with E-state index in [9.17, 15) is 14.0 Å². The van der Waals surface area contributed by atoms with Gasteiger partial charge in [0.1, 0.15) is 5.82 Å². The summed E-state index contributed by atoms with van der Waals surface area (Å²) in [4.78, 5) is 24.2. The first-order chi connectivity index (χ1) is 11.5. The van der Waals surface area contributed by atoms with Crippen LogP contribution in [-0.2, 0) is 5.41 Å². The van der Waals surface area contributed by atoms with Gasteiger partial charge in [0.25, 0.3) is 5.91 Å². The predicted molar refractivity (Wildman–Crippen MR) is 93.3 cm³/mol. The average molecular weight is 412 g/mol. The number of rotatable bonds is 4. The zero-order valence-electron chi connectivity index (χ0n) is 12.6. The number of urea groups is 1. The van der Waals surface area contributed by atoms with Gasteiger partial charge < -0.3 is 5.32 Å². The SMILES string of the molecule is O=C(NCC1(c2ccc(F)cc2)CC1)NNC(=O)c1ccc(Br)s1. The Hall–Kier alpha value is -1.93. The Morgan fingerprint density at radius 3 is 2.42 bits per heavy atom. The quantitative estimate of drug-likeness (QED) is 0.675. The van der Waals surface area contributed by atoms with Crippen molar-refractivity contribution in [1.82, 2.24) is 16.2 Å². The summed E-state index contributed by atoms with van der Waals surface area (Å²) in [7, 11) is 0. The number of carbonyl (C=O) groups excluding carboxylic acids is 2. The van der Waals surface area contributed by atoms with E-state index in [2.05, 4.69) is 32.1 Å². The number of hydrogen-bond donors (Lipinski definition) is 3. The predicted octanol–water partition coefficient (Wildman–Crippen LogP) is 3.33. The van der Waals surface area contributed by atoms with Gasteiger partial charge in [-0.2, -0.15) is 0 Å². The third-order valence-electron chi connectivity index (χ3n) is 3.98. The molecule has 8 heteroatoms. The summed E-state index contributed by atoms with van der Waals surface area (Å²) in [6.45, 7) is 0.435. The monoisotopic (exact) mass is 411 g/mol. The van der Waals surface area contributed by atoms with Crippen LogP contribution in [0.25, 0.3) is 0 Å². The molecule has 126 valence electrons. The Bertz CT molecular complexity index is 759. The van der Waals surface area contributed by atoms with Gasteiger partial charge in [-0.15, -0.1) is 11.3 Å². The minimum absolute atomic E-state index is 0.131. The lowest BCUT2D eigenvalue weighted by atomic mass is 9.96. The molecule has 3 amide bonds. The van der Waals surface area contributed by atoms with Gasteiger partial charge in [0, 0.05) is 12.0 Å². The second-order valence-corrected chi connectivity index (χ2v) is 8.12. The zero-order valence-corrected chi connectivity index (χ0v) is 15.0. The van der Waals surface area contributed by atoms with Crippen molar-refractivity contribution in [2.45, 2.75) is 18.3 Å². The van der Waals surface area contributed by atoms with Gasteiger partial charge in [-0.05, 0) is 58.6 Å². The number of benzene rings is 1. The summed E-state index contributed by atoms with van der Waals surface area (Å²) in [6.07, 6.45) is 1.88. The summed E-state index contributed by atoms with van der Waals surface area (Å²) in [5, 5.41) is 2.75. The fourth-order valence-corrected chi connectivity index (χ4v) is 3.71. The largest absolute Gasteiger partial charge is 0.336 e. The van der Waals surface area contributed by atoms with Crippen molar-refractivity contribution >= 4 is 39.2 Å². The molecule has 0 spiro atoms. The molecule has 1 aliphatic carbocycles. The number of carbonyl (C=O) groups is 2. The van der Waals surface area contributed by atoms with E-state index in [0.717, 1.165) is 22.2 Å². The van der Waals surface area contributed by atoms with Crippen LogP contribution in [0.2, 0.25) is 0 Å². The lowest BCUT2D eigenvalue weighted by Gasteiger charge is -2.17. The Morgan fingerprint density at radius 2 is 1.83 bits per heavy atom. The van der Waals surface area contributed by atoms with Crippen molar-refractivity contribution in [2.24, 2.45) is 0 Å². The highest BCUT2D eigenvalue weighted by Gasteiger charge is 2.44. The van der Waals surface area contributed by atoms with Crippen LogP contribution in [0.5, 0.6) is 0 Å². The van der Waals surface area contributed by atoms with Crippen molar-refractivity contribution < 1.29 is 14.0 Å². The van der Waals surface area contributed by atoms with E-state index in [1.165, 1.54) is 23.5 Å². The molecule has 0 atom stereocenters. The van der Waals surface area contributed by atoms with E-state index >= 15 is 0 Å². The number of amides is 3. The van der Waals surface area contributed by atoms with E-state index in [0.29, 0.717) is 11.4 Å². The van der Waals surface area contributed by atoms with E-state index < -0.39 is 6.03 Å². The molecule has 2 aromatic rings. The highest BCUT2D eigenvalue weighted by molar-refractivity contribution is 9.11. The average Bonchev–Trinajstić information content (AvgIpc) is 3.24. The number of hydrazine groups is 1. The first-order valence-electron chi connectivity index (χ1n) is 7.34. The molecule has 1 aliphatic rings. The van der Waals surface area contributed by atoms with Crippen LogP contribution in [0.1, 0.15) is 28.1 Å². The molecule has 5 nitrogen and oxygen atoms in total. The molecule has 1 heterocycles. The van der Waals surface area contributed by atoms with Crippen molar-refractivity contribution in [1.29, 1.82) is 0 Å². The maximum absolute atomic E-state index is 13.0. The first kappa shape index (κ1) is 16.9. The van der Waals surface area contributed by atoms with Gasteiger partial charge in [-0.1, -0.05) is 12.1 Å². The molecule has 0 unspecified atom stereocenters. The zero-order chi connectivity index (χ0) is 17.2. The van der Waals surface area contributed by atoms with E-state index in [4.69, 9.17) is 0 Å². The normalized spacial score (nSPS) is 14.8. The second kappa shape index (κ2) is 6.90. The summed E-state index contributed by atoms with van der Waals surface area (Å²) < 4.78 is 13.8. The summed E-state index contributed by atoms with van der Waals surface area (Å²) in [5.41, 5.74) is 5.57. The van der Waals surface area contributed by atoms with Crippen molar-refractivity contribution in [3.63, 3.8) is 0 Å². The fraction of sp³-hybridized carbons (Fsp3) is 0.250. The van der Waals surface area contributed by atoms with E-state index in [-0.39, 0.29) is 17.1 Å². The minimum atomic E-state index is -0.479. The Kier molecular flexibility index (Phi) is 4.86. The third-order valence-corrected chi connectivity index (χ3v) is 5.61. The van der Waals surface area contributed by atoms with Crippen LogP contribution in [0.15, 0.2) is 40.2 Å². The van der Waals surface area contributed by atoms with Gasteiger partial charge in [-0.3, -0.25) is 10.2 Å². The topological polar surface area (TPSA) is 70.2 Å². The van der Waals surface area contributed by atoms with Crippen LogP contribution in [-0.4, -0.2) is 18.5 Å². The molecule has 1 fully saturated rings. The first-order valence-corrected chi connectivity index (χ1v) is 8.95. The molecule has 24 heavy (non-hydrogen) atoms. The Morgan fingerprint density at radius 1 is 1.12 bits per heavy atom. The molecular formula is C16H15BrFN3O2S. The second-order valence-electron chi connectivity index (χ2n) is 5.65. The smallest absolute Gasteiger partial charge is 0.333 e. The number of nitrogens with one attached hydrogen (secondary N) is 3. The lowest BCUT2D eigenvalue weighted by molar-refractivity contribution is 0.0940. The third kappa shape index (κ3) is 3.93. The van der Waals surface area contributed by atoms with Gasteiger partial charge >= 0.3 is 6.03 Å². The van der Waals surface area contributed by atoms with Gasteiger partial charge in [0.2, 0.25) is 0 Å². The van der Waals surface area contributed by atoms with Crippen molar-refractivity contribution in [3.8, 4) is 0 Å². The number of halogens is 2. The molecule has 1 saturated carbocycles. The number of thiophene rings is 1. The highest BCUT2D eigenvalue weighted by Crippen LogP contribution is 2.47. The molecule has 0 radical (unpaired) electrons. The fourth-order valence-electron chi connectivity index (χ4n) is 2.43. The maximum atomic E-state index is 13.0. The molecule has 1 aromatic carbocycles. The van der Waals surface area contributed by atoms with E-state index in [1.54, 1.807) is 24.3 Å². The Labute approximate surface area is 150 Å². The number of hydrogen-bond acceptors (Lipinski definition) is 3. The summed E-state index contributed by atoms with van der Waals surface area (Å²) in [5.74, 6) is -0.649. The molecular weight excluding hydrogens is 397 g/mol. The molecule has 0 aliphatic heterocycles. The summed E-state index contributed by atoms with van der Waals surface area (Å²) >= 11 is 4.55. The van der Waals surface area contributed by atoms with Crippen LogP contribution in [0.3, 0.4) is 0 Å². The molecule has 1 aromatic heterocycles. The van der Waals surface area contributed by atoms with Gasteiger partial charge in [0.05, 0.1) is 8.66 Å². The maximum Gasteiger partial charge on any atom is 0.333 e. The van der Waals surface area contributed by atoms with E-state index in [1.807, 2.05) is 0 Å². The van der Waals surface area contributed by atoms with Crippen molar-refractivity contribution in [2.75, 3.05) is 6.54 Å². The van der Waals surface area contributed by atoms with Crippen LogP contribution in [0.4, 0.5) is 9.18 Å². The van der Waals surface area contributed by atoms with Gasteiger partial charge in [0.15, 0.2) is 0 Å². The van der Waals surface area contributed by atoms with Gasteiger partial charge in [-0.25, -0.2) is 14.6 Å². The lowest BCUT2D eigenvalue weighted by Crippen LogP contribution is -2.48. The van der Waals surface area contributed by atoms with Crippen LogP contribution in [0, 0.1) is 5.82 Å². The van der Waals surface area contributed by atoms with Crippen LogP contribution >= 0.6 is 27.3 Å². The Balaban J connectivity index is 1.47. The summed E-state index contributed by atoms with van der Waals surface area (Å²) in [6, 6.07) is 9.30. The molecule has 3 rings (SSSR count).